The number of rotatable bonds is 7. The van der Waals surface area contributed by atoms with E-state index in [0.717, 1.165) is 37.3 Å². The van der Waals surface area contributed by atoms with Crippen molar-refractivity contribution in [1.29, 1.82) is 0 Å². The van der Waals surface area contributed by atoms with Gasteiger partial charge in [0.15, 0.2) is 0 Å². The van der Waals surface area contributed by atoms with Gasteiger partial charge < -0.3 is 30.7 Å². The number of hydrogen-bond donors (Lipinski definition) is 4. The lowest BCUT2D eigenvalue weighted by molar-refractivity contribution is -0.137. The van der Waals surface area contributed by atoms with Gasteiger partial charge in [-0.3, -0.25) is 9.59 Å². The normalized spacial score (nSPS) is 16.1. The molecule has 4 N–H and O–H groups in total. The molecule has 2 amide bonds. The van der Waals surface area contributed by atoms with E-state index in [2.05, 4.69) is 37.7 Å². The Balaban J connectivity index is 1.18. The van der Waals surface area contributed by atoms with Crippen LogP contribution in [0.3, 0.4) is 0 Å². The maximum atomic E-state index is 13.8. The van der Waals surface area contributed by atoms with Gasteiger partial charge in [-0.05, 0) is 61.2 Å². The number of aromatic amines is 1. The van der Waals surface area contributed by atoms with Gasteiger partial charge in [0.2, 0.25) is 0 Å². The highest BCUT2D eigenvalue weighted by molar-refractivity contribution is 6.35. The minimum absolute atomic E-state index is 0.0699. The van der Waals surface area contributed by atoms with Gasteiger partial charge in [-0.15, -0.1) is 0 Å². The van der Waals surface area contributed by atoms with E-state index >= 15 is 0 Å². The van der Waals surface area contributed by atoms with Crippen molar-refractivity contribution in [2.24, 2.45) is 0 Å². The Morgan fingerprint density at radius 2 is 1.77 bits per heavy atom. The number of likely N-dealkylation sites (N-methyl/N-ethyl adjacent to an activating group) is 1. The Hall–Kier alpha value is -5.10. The molecule has 1 aromatic heterocycles. The lowest BCUT2D eigenvalue weighted by Gasteiger charge is -2.36. The number of imidazole rings is 1. The third-order valence-electron chi connectivity index (χ3n) is 7.72. The Morgan fingerprint density at radius 1 is 1.00 bits per heavy atom. The Bertz CT molecular complexity index is 1730. The average molecular weight is 602 g/mol. The minimum Gasteiger partial charge on any atom is -0.369 e. The third kappa shape index (κ3) is 6.30. The van der Waals surface area contributed by atoms with Crippen molar-refractivity contribution in [3.8, 4) is 0 Å². The first-order valence-electron chi connectivity index (χ1n) is 14.2. The molecule has 226 valence electrons. The van der Waals surface area contributed by atoms with E-state index in [4.69, 9.17) is 0 Å². The number of carbonyl (C=O) groups excluding carboxylic acids is 2. The fourth-order valence-corrected chi connectivity index (χ4v) is 5.37. The van der Waals surface area contributed by atoms with Gasteiger partial charge in [-0.1, -0.05) is 19.1 Å². The van der Waals surface area contributed by atoms with E-state index in [-0.39, 0.29) is 11.5 Å². The lowest BCUT2D eigenvalue weighted by atomic mass is 10.1. The van der Waals surface area contributed by atoms with E-state index in [0.29, 0.717) is 52.8 Å². The molecule has 6 rings (SSSR count). The number of hydrogen-bond acceptors (Lipinski definition) is 6. The molecule has 1 saturated heterocycles. The molecule has 3 heterocycles. The van der Waals surface area contributed by atoms with Gasteiger partial charge in [-0.2, -0.15) is 13.2 Å². The molecule has 0 radical (unpaired) electrons. The van der Waals surface area contributed by atoms with Gasteiger partial charge in [0, 0.05) is 60.1 Å². The number of anilines is 5. The van der Waals surface area contributed by atoms with Crippen LogP contribution in [0.4, 0.5) is 41.6 Å². The van der Waals surface area contributed by atoms with Gasteiger partial charge in [0.05, 0.1) is 35.0 Å². The van der Waals surface area contributed by atoms with Crippen molar-refractivity contribution in [2.75, 3.05) is 53.6 Å². The number of fused-ring (bicyclic) bond motifs is 1. The van der Waals surface area contributed by atoms with Crippen LogP contribution in [0.15, 0.2) is 73.2 Å². The summed E-state index contributed by atoms with van der Waals surface area (Å²) in [5.41, 5.74) is 3.81. The van der Waals surface area contributed by atoms with E-state index in [1.165, 1.54) is 12.4 Å². The van der Waals surface area contributed by atoms with Crippen LogP contribution in [0.2, 0.25) is 0 Å². The van der Waals surface area contributed by atoms with Crippen LogP contribution in [-0.2, 0) is 11.0 Å². The van der Waals surface area contributed by atoms with Crippen molar-refractivity contribution in [3.63, 3.8) is 0 Å². The summed E-state index contributed by atoms with van der Waals surface area (Å²) in [5, 5.41) is 8.86. The summed E-state index contributed by atoms with van der Waals surface area (Å²) in [6.07, 6.45) is 0.301. The molecule has 2 aliphatic heterocycles. The van der Waals surface area contributed by atoms with Crippen LogP contribution in [0, 0.1) is 0 Å². The van der Waals surface area contributed by atoms with Crippen LogP contribution in [0.5, 0.6) is 0 Å². The third-order valence-corrected chi connectivity index (χ3v) is 7.72. The highest BCUT2D eigenvalue weighted by Gasteiger charge is 2.33. The Kier molecular flexibility index (Phi) is 7.83. The Labute approximate surface area is 251 Å². The van der Waals surface area contributed by atoms with Crippen molar-refractivity contribution in [1.82, 2.24) is 14.9 Å². The smallest absolute Gasteiger partial charge is 0.369 e. The molecule has 44 heavy (non-hydrogen) atoms. The zero-order valence-corrected chi connectivity index (χ0v) is 23.8. The molecule has 0 unspecified atom stereocenters. The largest absolute Gasteiger partial charge is 0.416 e. The molecule has 0 saturated carbocycles. The topological polar surface area (TPSA) is 105 Å². The van der Waals surface area contributed by atoms with Gasteiger partial charge in [-0.25, -0.2) is 4.98 Å². The minimum atomic E-state index is -4.59. The molecule has 0 atom stereocenters. The highest BCUT2D eigenvalue weighted by Crippen LogP contribution is 2.36. The number of piperazine rings is 1. The van der Waals surface area contributed by atoms with Crippen LogP contribution < -0.4 is 20.9 Å². The second-order valence-electron chi connectivity index (χ2n) is 10.6. The van der Waals surface area contributed by atoms with Crippen LogP contribution in [0.25, 0.3) is 11.6 Å². The van der Waals surface area contributed by atoms with E-state index in [1.807, 2.05) is 17.0 Å². The second kappa shape index (κ2) is 11.9. The number of halogens is 3. The number of nitrogens with zero attached hydrogens (tertiary/aromatic N) is 3. The van der Waals surface area contributed by atoms with Crippen LogP contribution in [-0.4, -0.2) is 59.4 Å². The molecule has 9 nitrogen and oxygen atoms in total. The number of carbonyl (C=O) groups is 2. The molecule has 0 bridgehead atoms. The van der Waals surface area contributed by atoms with E-state index in [1.54, 1.807) is 42.6 Å². The predicted molar refractivity (Wildman–Crippen MR) is 165 cm³/mol. The quantitative estimate of drug-likeness (QED) is 0.192. The maximum absolute atomic E-state index is 13.8. The monoisotopic (exact) mass is 601 g/mol. The fourth-order valence-electron chi connectivity index (χ4n) is 5.37. The predicted octanol–water partition coefficient (Wildman–Crippen LogP) is 6.06. The first kappa shape index (κ1) is 29.0. The first-order valence-corrected chi connectivity index (χ1v) is 14.2. The maximum Gasteiger partial charge on any atom is 0.416 e. The lowest BCUT2D eigenvalue weighted by Crippen LogP contribution is -2.46. The zero-order chi connectivity index (χ0) is 30.8. The SMILES string of the molecule is CCN1CCN(c2cc(C(=O)Nc3cccc(Nc4ccc5c(c4)NC(=O)C5=Cc4cnc[nH]4)c3)cc(C(F)(F)F)c2)CC1. The summed E-state index contributed by atoms with van der Waals surface area (Å²) < 4.78 is 41.4. The molecule has 0 spiro atoms. The van der Waals surface area contributed by atoms with Gasteiger partial charge >= 0.3 is 6.18 Å². The highest BCUT2D eigenvalue weighted by atomic mass is 19.4. The summed E-state index contributed by atoms with van der Waals surface area (Å²) in [5.74, 6) is -0.865. The van der Waals surface area contributed by atoms with Crippen LogP contribution in [0.1, 0.15) is 34.1 Å². The molecule has 4 aromatic rings. The summed E-state index contributed by atoms with van der Waals surface area (Å²) in [4.78, 5) is 36.8. The summed E-state index contributed by atoms with van der Waals surface area (Å²) >= 11 is 0. The number of aromatic nitrogens is 2. The number of alkyl halides is 3. The number of amides is 2. The fraction of sp³-hybridized carbons (Fsp3) is 0.219. The summed E-state index contributed by atoms with van der Waals surface area (Å²) in [7, 11) is 0. The van der Waals surface area contributed by atoms with Gasteiger partial charge in [0.1, 0.15) is 0 Å². The average Bonchev–Trinajstić information content (AvgIpc) is 3.64. The summed E-state index contributed by atoms with van der Waals surface area (Å²) in [6.45, 7) is 5.58. The zero-order valence-electron chi connectivity index (χ0n) is 23.8. The molecular formula is C32H30F3N7O2. The Morgan fingerprint density at radius 3 is 2.50 bits per heavy atom. The van der Waals surface area contributed by atoms with E-state index in [9.17, 15) is 22.8 Å². The molecule has 0 aliphatic carbocycles. The number of benzene rings is 3. The van der Waals surface area contributed by atoms with Crippen molar-refractivity contribution >= 4 is 51.9 Å². The van der Waals surface area contributed by atoms with Gasteiger partial charge in [0.25, 0.3) is 11.8 Å². The van der Waals surface area contributed by atoms with Crippen molar-refractivity contribution in [2.45, 2.75) is 13.1 Å². The molecule has 1 fully saturated rings. The molecule has 2 aliphatic rings. The molecule has 12 heteroatoms. The van der Waals surface area contributed by atoms with Crippen molar-refractivity contribution in [3.05, 3.63) is 95.6 Å². The standard InChI is InChI=1S/C32H30F3N7O2/c1-2-41-8-10-42(11-9-41)26-13-20(12-21(14-26)32(33,34)35)30(43)39-23-5-3-4-22(15-23)38-24-6-7-27-28(16-25-18-36-19-37-25)31(44)40-29(27)17-24/h3-7,12-19,38H,2,8-11H2,1H3,(H,36,37)(H,39,43)(H,40,44). The molecular weight excluding hydrogens is 571 g/mol. The number of H-pyrrole nitrogens is 1. The first-order chi connectivity index (χ1) is 21.2. The van der Waals surface area contributed by atoms with E-state index < -0.39 is 17.6 Å². The summed E-state index contributed by atoms with van der Waals surface area (Å²) in [6, 6.07) is 15.8. The molecule has 3 aromatic carbocycles. The van der Waals surface area contributed by atoms with Crippen molar-refractivity contribution < 1.29 is 22.8 Å². The second-order valence-corrected chi connectivity index (χ2v) is 10.6. The van der Waals surface area contributed by atoms with Crippen LogP contribution >= 0.6 is 0 Å². The number of nitrogens with one attached hydrogen (secondary N) is 4.